The van der Waals surface area contributed by atoms with Crippen LogP contribution < -0.4 is 4.90 Å². The Morgan fingerprint density at radius 1 is 1.43 bits per heavy atom. The molecule has 1 saturated heterocycles. The van der Waals surface area contributed by atoms with Crippen molar-refractivity contribution in [3.63, 3.8) is 0 Å². The quantitative estimate of drug-likeness (QED) is 0.799. The number of hydrogen-bond donors (Lipinski definition) is 1. The van der Waals surface area contributed by atoms with E-state index in [4.69, 9.17) is 0 Å². The van der Waals surface area contributed by atoms with Crippen molar-refractivity contribution in [3.05, 3.63) is 36.0 Å². The largest absolute Gasteiger partial charge is 0.417 e. The van der Waals surface area contributed by atoms with Gasteiger partial charge >= 0.3 is 6.18 Å². The number of nitrogens with zero attached hydrogens (tertiary/aromatic N) is 3. The van der Waals surface area contributed by atoms with Gasteiger partial charge in [0.25, 0.3) is 0 Å². The summed E-state index contributed by atoms with van der Waals surface area (Å²) >= 11 is 0. The van der Waals surface area contributed by atoms with Crippen molar-refractivity contribution in [3.8, 4) is 0 Å². The minimum absolute atomic E-state index is 0.167. The molecule has 2 aliphatic rings. The van der Waals surface area contributed by atoms with Crippen molar-refractivity contribution in [2.45, 2.75) is 24.7 Å². The van der Waals surface area contributed by atoms with Gasteiger partial charge in [0, 0.05) is 31.4 Å². The summed E-state index contributed by atoms with van der Waals surface area (Å²) in [5.74, 6) is 0.178. The number of halogens is 3. The van der Waals surface area contributed by atoms with Crippen LogP contribution in [0.3, 0.4) is 0 Å². The third kappa shape index (κ3) is 2.78. The summed E-state index contributed by atoms with van der Waals surface area (Å²) in [6.45, 7) is 4.75. The summed E-state index contributed by atoms with van der Waals surface area (Å²) in [5, 5.41) is 10.2. The zero-order valence-electron chi connectivity index (χ0n) is 12.3. The summed E-state index contributed by atoms with van der Waals surface area (Å²) < 4.78 is 38.4. The van der Waals surface area contributed by atoms with E-state index in [1.165, 1.54) is 6.08 Å². The Morgan fingerprint density at radius 2 is 2.17 bits per heavy atom. The number of rotatable bonds is 1. The Kier molecular flexibility index (Phi) is 3.79. The van der Waals surface area contributed by atoms with E-state index in [0.717, 1.165) is 12.3 Å². The molecule has 5 nitrogen and oxygen atoms in total. The van der Waals surface area contributed by atoms with Crippen LogP contribution in [0, 0.1) is 0 Å². The van der Waals surface area contributed by atoms with Crippen LogP contribution in [-0.4, -0.2) is 46.6 Å². The molecule has 1 aromatic rings. The molecular formula is C15H16F3N3O2. The molecule has 0 aliphatic carbocycles. The van der Waals surface area contributed by atoms with Gasteiger partial charge in [0.15, 0.2) is 0 Å². The van der Waals surface area contributed by atoms with Gasteiger partial charge < -0.3 is 14.9 Å². The molecule has 1 N–H and O–H groups in total. The van der Waals surface area contributed by atoms with Gasteiger partial charge in [-0.2, -0.15) is 13.2 Å². The zero-order valence-corrected chi connectivity index (χ0v) is 12.3. The van der Waals surface area contributed by atoms with Gasteiger partial charge in [-0.15, -0.1) is 0 Å². The van der Waals surface area contributed by atoms with Crippen LogP contribution in [0.5, 0.6) is 0 Å². The summed E-state index contributed by atoms with van der Waals surface area (Å²) in [7, 11) is 0. The molecule has 3 rings (SSSR count). The number of anilines is 1. The van der Waals surface area contributed by atoms with Gasteiger partial charge in [0.05, 0.1) is 17.7 Å². The van der Waals surface area contributed by atoms with E-state index in [-0.39, 0.29) is 23.9 Å². The molecule has 1 aromatic heterocycles. The Bertz CT molecular complexity index is 647. The van der Waals surface area contributed by atoms with Crippen LogP contribution in [-0.2, 0) is 11.0 Å². The Labute approximate surface area is 131 Å². The van der Waals surface area contributed by atoms with Gasteiger partial charge in [-0.05, 0) is 18.6 Å². The van der Waals surface area contributed by atoms with Crippen LogP contribution in [0.1, 0.15) is 23.7 Å². The summed E-state index contributed by atoms with van der Waals surface area (Å²) in [6.07, 6.45) is -3.24. The SMILES string of the molecule is C=CC(=O)N1CCN2c3ncc(C(F)(F)F)cc3C(O)C[C@@H]2C1. The second-order valence-electron chi connectivity index (χ2n) is 5.72. The molecule has 0 aromatic carbocycles. The third-order valence-electron chi connectivity index (χ3n) is 4.32. The predicted octanol–water partition coefficient (Wildman–Crippen LogP) is 1.74. The maximum atomic E-state index is 12.8. The van der Waals surface area contributed by atoms with Crippen molar-refractivity contribution in [1.82, 2.24) is 9.88 Å². The number of carbonyl (C=O) groups excluding carboxylic acids is 1. The van der Waals surface area contributed by atoms with Crippen molar-refractivity contribution < 1.29 is 23.1 Å². The fraction of sp³-hybridized carbons (Fsp3) is 0.467. The van der Waals surface area contributed by atoms with E-state index in [1.807, 2.05) is 4.90 Å². The number of pyridine rings is 1. The topological polar surface area (TPSA) is 56.7 Å². The first kappa shape index (κ1) is 15.8. The van der Waals surface area contributed by atoms with Gasteiger partial charge in [-0.25, -0.2) is 4.98 Å². The second kappa shape index (κ2) is 5.52. The highest BCUT2D eigenvalue weighted by molar-refractivity contribution is 5.87. The van der Waals surface area contributed by atoms with E-state index >= 15 is 0 Å². The van der Waals surface area contributed by atoms with E-state index < -0.39 is 17.8 Å². The van der Waals surface area contributed by atoms with Gasteiger partial charge in [0.1, 0.15) is 5.82 Å². The first-order valence-electron chi connectivity index (χ1n) is 7.24. The Hall–Kier alpha value is -2.09. The van der Waals surface area contributed by atoms with Crippen molar-refractivity contribution >= 4 is 11.7 Å². The first-order valence-corrected chi connectivity index (χ1v) is 7.24. The summed E-state index contributed by atoms with van der Waals surface area (Å²) in [4.78, 5) is 19.1. The molecule has 23 heavy (non-hydrogen) atoms. The highest BCUT2D eigenvalue weighted by Gasteiger charge is 2.39. The van der Waals surface area contributed by atoms with Gasteiger partial charge in [-0.3, -0.25) is 4.79 Å². The summed E-state index contributed by atoms with van der Waals surface area (Å²) in [6, 6.07) is 0.796. The summed E-state index contributed by atoms with van der Waals surface area (Å²) in [5.41, 5.74) is -0.672. The van der Waals surface area contributed by atoms with Crippen LogP contribution in [0.2, 0.25) is 0 Å². The molecule has 0 saturated carbocycles. The van der Waals surface area contributed by atoms with Crippen molar-refractivity contribution in [1.29, 1.82) is 0 Å². The lowest BCUT2D eigenvalue weighted by Gasteiger charge is -2.46. The van der Waals surface area contributed by atoms with Crippen molar-refractivity contribution in [2.75, 3.05) is 24.5 Å². The molecule has 124 valence electrons. The van der Waals surface area contributed by atoms with Crippen LogP contribution in [0.4, 0.5) is 19.0 Å². The highest BCUT2D eigenvalue weighted by Crippen LogP contribution is 2.40. The number of amides is 1. The molecule has 0 radical (unpaired) electrons. The fourth-order valence-electron chi connectivity index (χ4n) is 3.16. The minimum Gasteiger partial charge on any atom is -0.388 e. The smallest absolute Gasteiger partial charge is 0.388 e. The Morgan fingerprint density at radius 3 is 2.83 bits per heavy atom. The number of aliphatic hydroxyl groups excluding tert-OH is 1. The maximum Gasteiger partial charge on any atom is 0.417 e. The molecule has 1 amide bonds. The van der Waals surface area contributed by atoms with Crippen LogP contribution in [0.25, 0.3) is 0 Å². The number of fused-ring (bicyclic) bond motifs is 3. The molecular weight excluding hydrogens is 311 g/mol. The van der Waals surface area contributed by atoms with Crippen LogP contribution in [0.15, 0.2) is 24.9 Å². The molecule has 3 heterocycles. The molecule has 2 atom stereocenters. The van der Waals surface area contributed by atoms with E-state index in [2.05, 4.69) is 11.6 Å². The number of piperazine rings is 1. The average Bonchev–Trinajstić information content (AvgIpc) is 2.52. The lowest BCUT2D eigenvalue weighted by atomic mass is 9.93. The standard InChI is InChI=1S/C15H16F3N3O2/c1-2-13(23)20-3-4-21-10(8-20)6-12(22)11-5-9(15(16,17)18)7-19-14(11)21/h2,5,7,10,12,22H,1,3-4,6,8H2/t10-,12?/m1/s1. The molecule has 0 spiro atoms. The van der Waals surface area contributed by atoms with Crippen LogP contribution >= 0.6 is 0 Å². The number of aliphatic hydroxyl groups is 1. The second-order valence-corrected chi connectivity index (χ2v) is 5.72. The minimum atomic E-state index is -4.49. The van der Waals surface area contributed by atoms with Crippen molar-refractivity contribution in [2.24, 2.45) is 0 Å². The lowest BCUT2D eigenvalue weighted by molar-refractivity contribution is -0.138. The van der Waals surface area contributed by atoms with E-state index in [9.17, 15) is 23.1 Å². The fourth-order valence-corrected chi connectivity index (χ4v) is 3.16. The van der Waals surface area contributed by atoms with Gasteiger partial charge in [-0.1, -0.05) is 6.58 Å². The molecule has 0 bridgehead atoms. The normalized spacial score (nSPS) is 24.0. The molecule has 1 unspecified atom stereocenters. The predicted molar refractivity (Wildman–Crippen MR) is 76.7 cm³/mol. The van der Waals surface area contributed by atoms with E-state index in [1.54, 1.807) is 4.90 Å². The maximum absolute atomic E-state index is 12.8. The number of alkyl halides is 3. The number of aromatic nitrogens is 1. The molecule has 2 aliphatic heterocycles. The highest BCUT2D eigenvalue weighted by atomic mass is 19.4. The number of hydrogen-bond acceptors (Lipinski definition) is 4. The molecule has 1 fully saturated rings. The molecule has 8 heteroatoms. The third-order valence-corrected chi connectivity index (χ3v) is 4.32. The average molecular weight is 327 g/mol. The monoisotopic (exact) mass is 327 g/mol. The Balaban J connectivity index is 1.90. The lowest BCUT2D eigenvalue weighted by Crippen LogP contribution is -2.57. The van der Waals surface area contributed by atoms with E-state index in [0.29, 0.717) is 25.5 Å². The number of carbonyl (C=O) groups is 1. The first-order chi connectivity index (χ1) is 10.8. The zero-order chi connectivity index (χ0) is 16.8. The van der Waals surface area contributed by atoms with Gasteiger partial charge in [0.2, 0.25) is 5.91 Å².